The first kappa shape index (κ1) is 8.15. The van der Waals surface area contributed by atoms with Crippen LogP contribution in [0.15, 0.2) is 0 Å². The van der Waals surface area contributed by atoms with Crippen molar-refractivity contribution in [2.75, 3.05) is 13.2 Å². The maximum Gasteiger partial charge on any atom is 0.508 e. The maximum absolute atomic E-state index is 10.5. The number of carbonyl (C=O) groups excluding carboxylic acids is 2. The summed E-state index contributed by atoms with van der Waals surface area (Å²) in [5.74, 6) is 0. The molecule has 2 unspecified atom stereocenters. The highest BCUT2D eigenvalue weighted by molar-refractivity contribution is 5.62. The predicted molar refractivity (Wildman–Crippen MR) is 37.1 cm³/mol. The number of rotatable bonds is 2. The molecule has 0 N–H and O–H groups in total. The zero-order valence-corrected chi connectivity index (χ0v) is 6.73. The summed E-state index contributed by atoms with van der Waals surface area (Å²) < 4.78 is 18.6. The fourth-order valence-corrected chi connectivity index (χ4v) is 1.26. The first-order valence-corrected chi connectivity index (χ1v) is 3.91. The van der Waals surface area contributed by atoms with Crippen molar-refractivity contribution in [1.82, 2.24) is 0 Å². The molecule has 0 aromatic carbocycles. The molecule has 0 spiro atoms. The Bertz CT molecular complexity index is 213. The molecule has 0 bridgehead atoms. The Labute approximate surface area is 73.7 Å². The van der Waals surface area contributed by atoms with Crippen molar-refractivity contribution in [3.63, 3.8) is 0 Å². The van der Waals surface area contributed by atoms with Crippen LogP contribution in [0, 0.1) is 0 Å². The van der Waals surface area contributed by atoms with Crippen LogP contribution in [0.4, 0.5) is 9.59 Å². The lowest BCUT2D eigenvalue weighted by Gasteiger charge is -2.08. The second-order valence-corrected chi connectivity index (χ2v) is 2.84. The highest BCUT2D eigenvalue weighted by Gasteiger charge is 2.33. The summed E-state index contributed by atoms with van der Waals surface area (Å²) in [5.41, 5.74) is 0. The van der Waals surface area contributed by atoms with E-state index in [1.54, 1.807) is 0 Å². The predicted octanol–water partition coefficient (Wildman–Crippen LogP) is 0.447. The number of hydrogen-bond acceptors (Lipinski definition) is 6. The molecule has 72 valence electrons. The second kappa shape index (κ2) is 3.12. The summed E-state index contributed by atoms with van der Waals surface area (Å²) >= 11 is 0. The van der Waals surface area contributed by atoms with E-state index < -0.39 is 12.3 Å². The molecule has 6 heteroatoms. The van der Waals surface area contributed by atoms with Crippen LogP contribution < -0.4 is 0 Å². The molecule has 2 aliphatic heterocycles. The molecule has 2 aliphatic rings. The van der Waals surface area contributed by atoms with Crippen molar-refractivity contribution in [3.8, 4) is 0 Å². The van der Waals surface area contributed by atoms with E-state index in [-0.39, 0.29) is 25.4 Å². The van der Waals surface area contributed by atoms with Gasteiger partial charge in [0.25, 0.3) is 0 Å². The van der Waals surface area contributed by atoms with Crippen molar-refractivity contribution in [3.05, 3.63) is 0 Å². The van der Waals surface area contributed by atoms with E-state index in [2.05, 4.69) is 9.47 Å². The van der Waals surface area contributed by atoms with Gasteiger partial charge in [-0.05, 0) is 0 Å². The lowest BCUT2D eigenvalue weighted by molar-refractivity contribution is 0.0844. The van der Waals surface area contributed by atoms with Crippen molar-refractivity contribution < 1.29 is 28.5 Å². The maximum atomic E-state index is 10.5. The minimum Gasteiger partial charge on any atom is -0.430 e. The van der Waals surface area contributed by atoms with Gasteiger partial charge in [-0.2, -0.15) is 0 Å². The minimum absolute atomic E-state index is 0.215. The molecule has 2 saturated heterocycles. The third-order valence-corrected chi connectivity index (χ3v) is 1.83. The molecule has 2 rings (SSSR count). The summed E-state index contributed by atoms with van der Waals surface area (Å²) in [7, 11) is 0. The van der Waals surface area contributed by atoms with E-state index >= 15 is 0 Å². The lowest BCUT2D eigenvalue weighted by Crippen LogP contribution is -2.21. The molecule has 0 radical (unpaired) electrons. The van der Waals surface area contributed by atoms with Crippen LogP contribution >= 0.6 is 0 Å². The van der Waals surface area contributed by atoms with Crippen LogP contribution in [0.3, 0.4) is 0 Å². The van der Waals surface area contributed by atoms with Gasteiger partial charge in [-0.25, -0.2) is 9.59 Å². The summed E-state index contributed by atoms with van der Waals surface area (Å²) in [6.45, 7) is 0.430. The fraction of sp³-hybridized carbons (Fsp3) is 0.714. The SMILES string of the molecule is O=C1OCC(CC2COC(=O)O2)O1. The minimum atomic E-state index is -0.671. The number of hydrogen-bond donors (Lipinski definition) is 0. The van der Waals surface area contributed by atoms with Crippen LogP contribution in [-0.2, 0) is 18.9 Å². The van der Waals surface area contributed by atoms with Crippen molar-refractivity contribution in [1.29, 1.82) is 0 Å². The van der Waals surface area contributed by atoms with Crippen LogP contribution in [-0.4, -0.2) is 37.7 Å². The largest absolute Gasteiger partial charge is 0.508 e. The van der Waals surface area contributed by atoms with Crippen LogP contribution in [0.1, 0.15) is 6.42 Å². The lowest BCUT2D eigenvalue weighted by atomic mass is 10.2. The molecule has 6 nitrogen and oxygen atoms in total. The van der Waals surface area contributed by atoms with E-state index in [1.165, 1.54) is 0 Å². The number of cyclic esters (lactones) is 4. The highest BCUT2D eigenvalue weighted by Crippen LogP contribution is 2.17. The van der Waals surface area contributed by atoms with Crippen molar-refractivity contribution in [2.45, 2.75) is 18.6 Å². The third kappa shape index (κ3) is 1.82. The Kier molecular flexibility index (Phi) is 1.96. The van der Waals surface area contributed by atoms with Crippen LogP contribution in [0.2, 0.25) is 0 Å². The van der Waals surface area contributed by atoms with Gasteiger partial charge in [-0.1, -0.05) is 0 Å². The molecular formula is C7H8O6. The Morgan fingerprint density at radius 2 is 1.46 bits per heavy atom. The van der Waals surface area contributed by atoms with Gasteiger partial charge in [0.05, 0.1) is 0 Å². The molecule has 0 aliphatic carbocycles. The third-order valence-electron chi connectivity index (χ3n) is 1.83. The van der Waals surface area contributed by atoms with Crippen molar-refractivity contribution in [2.24, 2.45) is 0 Å². The van der Waals surface area contributed by atoms with E-state index in [4.69, 9.17) is 9.47 Å². The van der Waals surface area contributed by atoms with Gasteiger partial charge in [-0.15, -0.1) is 0 Å². The first-order chi connectivity index (χ1) is 6.24. The molecular weight excluding hydrogens is 180 g/mol. The van der Waals surface area contributed by atoms with E-state index in [1.807, 2.05) is 0 Å². The van der Waals surface area contributed by atoms with Gasteiger partial charge in [-0.3, -0.25) is 0 Å². The standard InChI is InChI=1S/C7H8O6/c8-6-10-2-4(12-6)1-5-3-11-7(9)13-5/h4-5H,1-3H2. The quantitative estimate of drug-likeness (QED) is 0.586. The first-order valence-electron chi connectivity index (χ1n) is 3.91. The van der Waals surface area contributed by atoms with Crippen molar-refractivity contribution >= 4 is 12.3 Å². The smallest absolute Gasteiger partial charge is 0.430 e. The van der Waals surface area contributed by atoms with Gasteiger partial charge in [0.1, 0.15) is 25.4 Å². The monoisotopic (exact) mass is 188 g/mol. The molecule has 0 amide bonds. The molecule has 2 heterocycles. The summed E-state index contributed by atoms with van der Waals surface area (Å²) in [5, 5.41) is 0. The second-order valence-electron chi connectivity index (χ2n) is 2.84. The van der Waals surface area contributed by atoms with Crippen LogP contribution in [0.25, 0.3) is 0 Å². The van der Waals surface area contributed by atoms with Gasteiger partial charge >= 0.3 is 12.3 Å². The summed E-state index contributed by atoms with van der Waals surface area (Å²) in [4.78, 5) is 21.0. The Hall–Kier alpha value is -1.46. The van der Waals surface area contributed by atoms with Gasteiger partial charge in [0.15, 0.2) is 0 Å². The van der Waals surface area contributed by atoms with E-state index in [0.29, 0.717) is 6.42 Å². The zero-order valence-electron chi connectivity index (χ0n) is 6.73. The molecule has 13 heavy (non-hydrogen) atoms. The number of ether oxygens (including phenoxy) is 4. The summed E-state index contributed by atoms with van der Waals surface area (Å²) in [6, 6.07) is 0. The average Bonchev–Trinajstić information content (AvgIpc) is 2.62. The Balaban J connectivity index is 1.78. The van der Waals surface area contributed by atoms with E-state index in [0.717, 1.165) is 0 Å². The normalized spacial score (nSPS) is 32.0. The zero-order chi connectivity index (χ0) is 9.26. The van der Waals surface area contributed by atoms with Gasteiger partial charge in [0.2, 0.25) is 0 Å². The van der Waals surface area contributed by atoms with E-state index in [9.17, 15) is 9.59 Å². The topological polar surface area (TPSA) is 71.1 Å². The Morgan fingerprint density at radius 3 is 1.77 bits per heavy atom. The molecule has 2 fully saturated rings. The number of carbonyl (C=O) groups is 2. The fourth-order valence-electron chi connectivity index (χ4n) is 1.26. The van der Waals surface area contributed by atoms with Gasteiger partial charge in [0, 0.05) is 6.42 Å². The van der Waals surface area contributed by atoms with Crippen LogP contribution in [0.5, 0.6) is 0 Å². The highest BCUT2D eigenvalue weighted by atomic mass is 16.8. The molecule has 0 aromatic rings. The molecule has 0 aromatic heterocycles. The Morgan fingerprint density at radius 1 is 1.00 bits per heavy atom. The average molecular weight is 188 g/mol. The molecule has 2 atom stereocenters. The summed E-state index contributed by atoms with van der Waals surface area (Å²) in [6.07, 6.45) is -1.57. The molecule has 0 saturated carbocycles. The van der Waals surface area contributed by atoms with Gasteiger partial charge < -0.3 is 18.9 Å².